The largest absolute Gasteiger partial charge is 0.356 e. The van der Waals surface area contributed by atoms with E-state index in [0.717, 1.165) is 33.9 Å². The summed E-state index contributed by atoms with van der Waals surface area (Å²) in [6, 6.07) is 47.0. The highest BCUT2D eigenvalue weighted by molar-refractivity contribution is 5.66. The molecular weight excluding hydrogens is 452 g/mol. The Morgan fingerprint density at radius 3 is 1.38 bits per heavy atom. The highest BCUT2D eigenvalue weighted by atomic mass is 16.5. The van der Waals surface area contributed by atoms with Gasteiger partial charge in [-0.05, 0) is 70.8 Å². The minimum Gasteiger partial charge on any atom is -0.356 e. The summed E-state index contributed by atoms with van der Waals surface area (Å²) in [5.41, 5.74) is 8.65. The summed E-state index contributed by atoms with van der Waals surface area (Å²) in [5.74, 6) is 0. The maximum Gasteiger partial charge on any atom is 0.144 e. The molecule has 0 fully saturated rings. The van der Waals surface area contributed by atoms with Crippen LogP contribution >= 0.6 is 0 Å². The Kier molecular flexibility index (Phi) is 5.99. The van der Waals surface area contributed by atoms with Gasteiger partial charge in [0.15, 0.2) is 0 Å². The monoisotopic (exact) mass is 482 g/mol. The highest BCUT2D eigenvalue weighted by Crippen LogP contribution is 2.47. The van der Waals surface area contributed by atoms with Crippen molar-refractivity contribution < 1.29 is 4.74 Å². The number of hydrogen-bond donors (Lipinski definition) is 0. The lowest BCUT2D eigenvalue weighted by molar-refractivity contribution is 0.0268. The van der Waals surface area contributed by atoms with Crippen LogP contribution in [0.2, 0.25) is 0 Å². The zero-order chi connectivity index (χ0) is 25.2. The van der Waals surface area contributed by atoms with Crippen LogP contribution in [0.15, 0.2) is 133 Å². The van der Waals surface area contributed by atoms with Crippen molar-refractivity contribution in [2.24, 2.45) is 0 Å². The predicted molar refractivity (Wildman–Crippen MR) is 153 cm³/mol. The number of ether oxygens (including phenoxy) is 1. The molecule has 6 rings (SSSR count). The van der Waals surface area contributed by atoms with Crippen LogP contribution in [-0.4, -0.2) is 14.1 Å². The summed E-state index contributed by atoms with van der Waals surface area (Å²) >= 11 is 0. The molecule has 1 heterocycles. The minimum atomic E-state index is -0.649. The third kappa shape index (κ3) is 4.08. The number of hydrogen-bond acceptors (Lipinski definition) is 3. The second-order valence-corrected chi connectivity index (χ2v) is 9.51. The van der Waals surface area contributed by atoms with Crippen LogP contribution in [0.5, 0.6) is 0 Å². The average Bonchev–Trinajstić information content (AvgIpc) is 3.38. The van der Waals surface area contributed by atoms with Gasteiger partial charge in [-0.15, -0.1) is 0 Å². The summed E-state index contributed by atoms with van der Waals surface area (Å²) in [5, 5.41) is 0. The third-order valence-corrected chi connectivity index (χ3v) is 7.45. The molecule has 0 aliphatic carbocycles. The van der Waals surface area contributed by atoms with Crippen LogP contribution in [0.3, 0.4) is 0 Å². The van der Waals surface area contributed by atoms with E-state index in [0.29, 0.717) is 6.61 Å². The van der Waals surface area contributed by atoms with Gasteiger partial charge in [0.05, 0.1) is 6.61 Å². The molecular formula is C34H30N2O. The molecule has 3 nitrogen and oxygen atoms in total. The molecule has 0 bridgehead atoms. The normalized spacial score (nSPS) is 13.7. The molecule has 0 atom stereocenters. The van der Waals surface area contributed by atoms with Crippen molar-refractivity contribution in [3.63, 3.8) is 0 Å². The van der Waals surface area contributed by atoms with Crippen molar-refractivity contribution in [1.82, 2.24) is 0 Å². The van der Waals surface area contributed by atoms with Crippen LogP contribution in [0, 0.1) is 0 Å². The van der Waals surface area contributed by atoms with Crippen molar-refractivity contribution in [3.8, 4) is 0 Å². The highest BCUT2D eigenvalue weighted by Gasteiger charge is 2.43. The van der Waals surface area contributed by atoms with E-state index >= 15 is 0 Å². The van der Waals surface area contributed by atoms with Gasteiger partial charge in [0.1, 0.15) is 5.60 Å². The van der Waals surface area contributed by atoms with E-state index in [1.165, 1.54) is 11.1 Å². The summed E-state index contributed by atoms with van der Waals surface area (Å²) in [4.78, 5) is 4.40. The molecule has 37 heavy (non-hydrogen) atoms. The van der Waals surface area contributed by atoms with E-state index in [-0.39, 0.29) is 0 Å². The Morgan fingerprint density at radius 1 is 0.486 bits per heavy atom. The maximum absolute atomic E-state index is 6.73. The van der Waals surface area contributed by atoms with Crippen LogP contribution in [0.25, 0.3) is 0 Å². The first-order valence-electron chi connectivity index (χ1n) is 12.7. The molecule has 0 aromatic heterocycles. The molecule has 3 heteroatoms. The average molecular weight is 483 g/mol. The smallest absolute Gasteiger partial charge is 0.144 e. The zero-order valence-electron chi connectivity index (χ0n) is 21.2. The molecule has 0 amide bonds. The molecule has 5 aromatic rings. The summed E-state index contributed by atoms with van der Waals surface area (Å²) in [7, 11) is 4.20. The number of fused-ring (bicyclic) bond motifs is 1. The van der Waals surface area contributed by atoms with Crippen LogP contribution in [0.4, 0.5) is 22.7 Å². The lowest BCUT2D eigenvalue weighted by Crippen LogP contribution is -2.28. The zero-order valence-corrected chi connectivity index (χ0v) is 21.2. The van der Waals surface area contributed by atoms with Crippen molar-refractivity contribution in [1.29, 1.82) is 0 Å². The Labute approximate surface area is 219 Å². The fourth-order valence-corrected chi connectivity index (χ4v) is 5.34. The van der Waals surface area contributed by atoms with Crippen molar-refractivity contribution >= 4 is 22.7 Å². The first kappa shape index (κ1) is 23.1. The molecule has 0 saturated carbocycles. The fraction of sp³-hybridized carbons (Fsp3) is 0.118. The van der Waals surface area contributed by atoms with Crippen molar-refractivity contribution in [3.05, 3.63) is 156 Å². The van der Waals surface area contributed by atoms with Crippen LogP contribution < -0.4 is 9.80 Å². The number of para-hydroxylation sites is 2. The third-order valence-electron chi connectivity index (χ3n) is 7.45. The van der Waals surface area contributed by atoms with E-state index in [9.17, 15) is 0 Å². The number of anilines is 4. The first-order chi connectivity index (χ1) is 18.2. The standard InChI is InChI=1S/C34H30N2O/c1-35(29-12-5-3-6-13-29)31-21-17-27(18-22-31)34(33-16-10-9-11-26(33)25-37-34)28-19-23-32(24-20-28)36(2)30-14-7-4-8-15-30/h3-24H,25H2,1-2H3. The molecule has 1 aliphatic heterocycles. The van der Waals surface area contributed by atoms with Gasteiger partial charge in [0.25, 0.3) is 0 Å². The minimum absolute atomic E-state index is 0.591. The second kappa shape index (κ2) is 9.61. The molecule has 182 valence electrons. The molecule has 5 aromatic carbocycles. The first-order valence-corrected chi connectivity index (χ1v) is 12.7. The van der Waals surface area contributed by atoms with Gasteiger partial charge < -0.3 is 14.5 Å². The number of rotatable bonds is 6. The summed E-state index contributed by atoms with van der Waals surface area (Å²) in [6.07, 6.45) is 0. The van der Waals surface area contributed by atoms with Gasteiger partial charge in [-0.2, -0.15) is 0 Å². The number of benzene rings is 5. The Morgan fingerprint density at radius 2 is 0.892 bits per heavy atom. The maximum atomic E-state index is 6.73. The molecule has 0 unspecified atom stereocenters. The van der Waals surface area contributed by atoms with Crippen molar-refractivity contribution in [2.45, 2.75) is 12.2 Å². The Balaban J connectivity index is 1.40. The topological polar surface area (TPSA) is 15.7 Å². The molecule has 0 radical (unpaired) electrons. The lowest BCUT2D eigenvalue weighted by Gasteiger charge is -2.32. The van der Waals surface area contributed by atoms with Gasteiger partial charge in [0.2, 0.25) is 0 Å². The van der Waals surface area contributed by atoms with Crippen LogP contribution in [0.1, 0.15) is 22.3 Å². The van der Waals surface area contributed by atoms with Gasteiger partial charge >= 0.3 is 0 Å². The van der Waals surface area contributed by atoms with Gasteiger partial charge in [-0.1, -0.05) is 84.9 Å². The van der Waals surface area contributed by atoms with E-state index < -0.39 is 5.60 Å². The summed E-state index contributed by atoms with van der Waals surface area (Å²) in [6.45, 7) is 0.591. The van der Waals surface area contributed by atoms with E-state index in [1.807, 2.05) is 12.1 Å². The number of nitrogens with zero attached hydrogens (tertiary/aromatic N) is 2. The second-order valence-electron chi connectivity index (χ2n) is 9.51. The molecule has 0 N–H and O–H groups in total. The Hall–Kier alpha value is -4.34. The lowest BCUT2D eigenvalue weighted by atomic mass is 9.80. The quantitative estimate of drug-likeness (QED) is 0.243. The van der Waals surface area contributed by atoms with E-state index in [1.54, 1.807) is 0 Å². The molecule has 1 aliphatic rings. The molecule has 0 spiro atoms. The summed E-state index contributed by atoms with van der Waals surface area (Å²) < 4.78 is 6.73. The van der Waals surface area contributed by atoms with Gasteiger partial charge in [0, 0.05) is 36.8 Å². The van der Waals surface area contributed by atoms with Crippen molar-refractivity contribution in [2.75, 3.05) is 23.9 Å². The van der Waals surface area contributed by atoms with E-state index in [2.05, 4.69) is 145 Å². The fourth-order valence-electron chi connectivity index (χ4n) is 5.34. The molecule has 0 saturated heterocycles. The predicted octanol–water partition coefficient (Wildman–Crippen LogP) is 8.04. The SMILES string of the molecule is CN(c1ccccc1)c1ccc(C2(c3ccc(N(C)c4ccccc4)cc3)OCc3ccccc32)cc1. The van der Waals surface area contributed by atoms with E-state index in [4.69, 9.17) is 4.74 Å². The van der Waals surface area contributed by atoms with Gasteiger partial charge in [-0.3, -0.25) is 0 Å². The van der Waals surface area contributed by atoms with Crippen LogP contribution in [-0.2, 0) is 16.9 Å². The Bertz CT molecular complexity index is 1390. The van der Waals surface area contributed by atoms with Gasteiger partial charge in [-0.25, -0.2) is 0 Å².